The molecule has 2 heterocycles. The Morgan fingerprint density at radius 3 is 2.59 bits per heavy atom. The van der Waals surface area contributed by atoms with Crippen molar-refractivity contribution in [3.63, 3.8) is 0 Å². The molecule has 0 atom stereocenters. The van der Waals surface area contributed by atoms with Gasteiger partial charge in [0.25, 0.3) is 0 Å². The maximum Gasteiger partial charge on any atom is 0.230 e. The quantitative estimate of drug-likeness (QED) is 0.393. The Hall–Kier alpha value is -2.96. The van der Waals surface area contributed by atoms with Crippen molar-refractivity contribution in [2.75, 3.05) is 5.32 Å². The van der Waals surface area contributed by atoms with Gasteiger partial charge >= 0.3 is 0 Å². The standard InChI is InChI=1S/C23H19N3OS2/c27-22(14-18-16-29-23(25-18)20-11-6-7-13-24-20)26-19-10-4-5-12-21(19)28-15-17-8-2-1-3-9-17/h1-13,16H,14-15H2,(H,26,27). The van der Waals surface area contributed by atoms with Crippen molar-refractivity contribution in [3.05, 3.63) is 95.6 Å². The zero-order chi connectivity index (χ0) is 19.9. The van der Waals surface area contributed by atoms with Crippen LogP contribution in [0.2, 0.25) is 0 Å². The van der Waals surface area contributed by atoms with Crippen LogP contribution >= 0.6 is 23.1 Å². The van der Waals surface area contributed by atoms with Crippen molar-refractivity contribution in [1.82, 2.24) is 9.97 Å². The van der Waals surface area contributed by atoms with E-state index in [1.165, 1.54) is 16.9 Å². The lowest BCUT2D eigenvalue weighted by molar-refractivity contribution is -0.115. The summed E-state index contributed by atoms with van der Waals surface area (Å²) >= 11 is 3.22. The molecule has 4 aromatic rings. The summed E-state index contributed by atoms with van der Waals surface area (Å²) < 4.78 is 0. The molecule has 0 aliphatic rings. The Morgan fingerprint density at radius 1 is 0.966 bits per heavy atom. The van der Waals surface area contributed by atoms with Gasteiger partial charge in [-0.1, -0.05) is 48.5 Å². The van der Waals surface area contributed by atoms with E-state index in [0.717, 1.165) is 32.7 Å². The topological polar surface area (TPSA) is 54.9 Å². The Balaban J connectivity index is 1.39. The lowest BCUT2D eigenvalue weighted by Gasteiger charge is -2.10. The Bertz CT molecular complexity index is 1080. The van der Waals surface area contributed by atoms with Crippen molar-refractivity contribution in [3.8, 4) is 10.7 Å². The molecule has 0 saturated carbocycles. The van der Waals surface area contributed by atoms with Crippen LogP contribution in [-0.4, -0.2) is 15.9 Å². The second kappa shape index (κ2) is 9.49. The lowest BCUT2D eigenvalue weighted by atomic mass is 10.2. The van der Waals surface area contributed by atoms with Gasteiger partial charge in [0.2, 0.25) is 5.91 Å². The average Bonchev–Trinajstić information content (AvgIpc) is 3.23. The van der Waals surface area contributed by atoms with Gasteiger partial charge in [-0.2, -0.15) is 0 Å². The van der Waals surface area contributed by atoms with Crippen molar-refractivity contribution in [1.29, 1.82) is 0 Å². The summed E-state index contributed by atoms with van der Waals surface area (Å²) in [6, 6.07) is 23.9. The van der Waals surface area contributed by atoms with Gasteiger partial charge in [-0.25, -0.2) is 4.98 Å². The molecule has 2 aromatic carbocycles. The molecule has 1 N–H and O–H groups in total. The molecule has 1 amide bonds. The molecule has 0 aliphatic carbocycles. The van der Waals surface area contributed by atoms with Crippen LogP contribution in [0.1, 0.15) is 11.3 Å². The molecular formula is C23H19N3OS2. The fourth-order valence-electron chi connectivity index (χ4n) is 2.79. The first kappa shape index (κ1) is 19.4. The van der Waals surface area contributed by atoms with Gasteiger partial charge < -0.3 is 5.32 Å². The highest BCUT2D eigenvalue weighted by molar-refractivity contribution is 7.98. The Kier molecular flexibility index (Phi) is 6.34. The molecule has 0 bridgehead atoms. The van der Waals surface area contributed by atoms with Crippen molar-refractivity contribution in [2.24, 2.45) is 0 Å². The SMILES string of the molecule is O=C(Cc1csc(-c2ccccn2)n1)Nc1ccccc1SCc1ccccc1. The van der Waals surface area contributed by atoms with Crippen LogP contribution in [0.5, 0.6) is 0 Å². The van der Waals surface area contributed by atoms with Crippen molar-refractivity contribution >= 4 is 34.7 Å². The smallest absolute Gasteiger partial charge is 0.230 e. The van der Waals surface area contributed by atoms with Crippen LogP contribution in [0.4, 0.5) is 5.69 Å². The predicted octanol–water partition coefficient (Wildman–Crippen LogP) is 5.68. The van der Waals surface area contributed by atoms with E-state index in [-0.39, 0.29) is 12.3 Å². The maximum atomic E-state index is 12.6. The molecule has 0 radical (unpaired) electrons. The summed E-state index contributed by atoms with van der Waals surface area (Å²) in [5, 5.41) is 5.78. The van der Waals surface area contributed by atoms with E-state index >= 15 is 0 Å². The second-order valence-corrected chi connectivity index (χ2v) is 8.23. The second-order valence-electron chi connectivity index (χ2n) is 6.35. The molecule has 4 nitrogen and oxygen atoms in total. The normalized spacial score (nSPS) is 10.6. The van der Waals surface area contributed by atoms with Gasteiger partial charge in [-0.3, -0.25) is 9.78 Å². The van der Waals surface area contributed by atoms with Crippen molar-refractivity contribution < 1.29 is 4.79 Å². The number of thiazole rings is 1. The van der Waals surface area contributed by atoms with Gasteiger partial charge in [0, 0.05) is 22.2 Å². The van der Waals surface area contributed by atoms with Gasteiger partial charge in [0.05, 0.1) is 23.5 Å². The number of hydrogen-bond donors (Lipinski definition) is 1. The van der Waals surface area contributed by atoms with E-state index < -0.39 is 0 Å². The van der Waals surface area contributed by atoms with E-state index in [9.17, 15) is 4.79 Å². The van der Waals surface area contributed by atoms with Crippen molar-refractivity contribution in [2.45, 2.75) is 17.1 Å². The number of para-hydroxylation sites is 1. The minimum absolute atomic E-state index is 0.0735. The zero-order valence-electron chi connectivity index (χ0n) is 15.6. The highest BCUT2D eigenvalue weighted by Crippen LogP contribution is 2.30. The molecule has 0 spiro atoms. The molecule has 6 heteroatoms. The molecule has 0 unspecified atom stereocenters. The molecule has 29 heavy (non-hydrogen) atoms. The number of carbonyl (C=O) groups excluding carboxylic acids is 1. The molecule has 144 valence electrons. The molecule has 0 aliphatic heterocycles. The zero-order valence-corrected chi connectivity index (χ0v) is 17.2. The molecule has 4 rings (SSSR count). The highest BCUT2D eigenvalue weighted by Gasteiger charge is 2.12. The van der Waals surface area contributed by atoms with E-state index in [0.29, 0.717) is 0 Å². The third kappa shape index (κ3) is 5.31. The largest absolute Gasteiger partial charge is 0.325 e. The number of thioether (sulfide) groups is 1. The molecule has 0 fully saturated rings. The summed E-state index contributed by atoms with van der Waals surface area (Å²) in [5.74, 6) is 0.781. The maximum absolute atomic E-state index is 12.6. The summed E-state index contributed by atoms with van der Waals surface area (Å²) in [6.45, 7) is 0. The van der Waals surface area contributed by atoms with Gasteiger partial charge in [-0.15, -0.1) is 23.1 Å². The van der Waals surface area contributed by atoms with Crippen LogP contribution in [-0.2, 0) is 17.0 Å². The first-order valence-corrected chi connectivity index (χ1v) is 11.1. The molecular weight excluding hydrogens is 398 g/mol. The molecule has 0 saturated heterocycles. The van der Waals surface area contributed by atoms with Gasteiger partial charge in [0.15, 0.2) is 0 Å². The number of anilines is 1. The summed E-state index contributed by atoms with van der Waals surface area (Å²) in [4.78, 5) is 22.5. The third-order valence-electron chi connectivity index (χ3n) is 4.18. The number of aromatic nitrogens is 2. The number of nitrogens with one attached hydrogen (secondary N) is 1. The number of amides is 1. The molecule has 2 aromatic heterocycles. The minimum atomic E-state index is -0.0735. The number of rotatable bonds is 7. The van der Waals surface area contributed by atoms with Crippen LogP contribution in [0.15, 0.2) is 89.3 Å². The van der Waals surface area contributed by atoms with Crippen LogP contribution < -0.4 is 5.32 Å². The van der Waals surface area contributed by atoms with E-state index in [2.05, 4.69) is 27.4 Å². The van der Waals surface area contributed by atoms with Gasteiger partial charge in [0.1, 0.15) is 5.01 Å². The number of nitrogens with zero attached hydrogens (tertiary/aromatic N) is 2. The van der Waals surface area contributed by atoms with Gasteiger partial charge in [-0.05, 0) is 29.8 Å². The monoisotopic (exact) mass is 417 g/mol. The predicted molar refractivity (Wildman–Crippen MR) is 120 cm³/mol. The average molecular weight is 418 g/mol. The summed E-state index contributed by atoms with van der Waals surface area (Å²) in [5.41, 5.74) is 3.66. The lowest BCUT2D eigenvalue weighted by Crippen LogP contribution is -2.15. The Labute approximate surface area is 178 Å². The summed E-state index contributed by atoms with van der Waals surface area (Å²) in [6.07, 6.45) is 1.98. The van der Waals surface area contributed by atoms with Crippen LogP contribution in [0.25, 0.3) is 10.7 Å². The number of benzene rings is 2. The van der Waals surface area contributed by atoms with Crippen LogP contribution in [0.3, 0.4) is 0 Å². The van der Waals surface area contributed by atoms with E-state index in [4.69, 9.17) is 0 Å². The van der Waals surface area contributed by atoms with Crippen LogP contribution in [0, 0.1) is 0 Å². The summed E-state index contributed by atoms with van der Waals surface area (Å²) in [7, 11) is 0. The fraction of sp³-hybridized carbons (Fsp3) is 0.0870. The number of hydrogen-bond acceptors (Lipinski definition) is 5. The highest BCUT2D eigenvalue weighted by atomic mass is 32.2. The third-order valence-corrected chi connectivity index (χ3v) is 6.23. The fourth-order valence-corrected chi connectivity index (χ4v) is 4.54. The number of carbonyl (C=O) groups is 1. The Morgan fingerprint density at radius 2 is 1.76 bits per heavy atom. The first-order valence-electron chi connectivity index (χ1n) is 9.19. The van der Waals surface area contributed by atoms with E-state index in [1.54, 1.807) is 18.0 Å². The van der Waals surface area contributed by atoms with E-state index in [1.807, 2.05) is 66.0 Å². The minimum Gasteiger partial charge on any atom is -0.325 e. The first-order chi connectivity index (χ1) is 14.3. The number of pyridine rings is 1.